The number of nitrogens with one attached hydrogen (secondary N) is 2. The predicted molar refractivity (Wildman–Crippen MR) is 149 cm³/mol. The molecule has 3 heterocycles. The molecule has 0 saturated heterocycles. The van der Waals surface area contributed by atoms with Gasteiger partial charge in [0.2, 0.25) is 5.91 Å². The van der Waals surface area contributed by atoms with Crippen LogP contribution >= 0.6 is 27.5 Å². The normalized spacial score (nSPS) is 11.8. The van der Waals surface area contributed by atoms with Gasteiger partial charge in [-0.3, -0.25) is 10.0 Å². The second-order valence-electron chi connectivity index (χ2n) is 9.13. The molecule has 0 bridgehead atoms. The number of fused-ring (bicyclic) bond motifs is 1. The van der Waals surface area contributed by atoms with Crippen molar-refractivity contribution >= 4 is 67.5 Å². The molecule has 0 atom stereocenters. The largest absolute Gasteiger partial charge is 0.732 e. The van der Waals surface area contributed by atoms with Crippen molar-refractivity contribution in [3.63, 3.8) is 0 Å². The Bertz CT molecular complexity index is 1510. The highest BCUT2D eigenvalue weighted by atomic mass is 79.9. The molecule has 4 aromatic rings. The molecule has 0 spiro atoms. The number of hydrogen-bond donors (Lipinski definition) is 3. The number of imidazole rings is 1. The fourth-order valence-electron chi connectivity index (χ4n) is 3.71. The number of nitrogens with zero attached hydrogens (tertiary/aromatic N) is 7. The van der Waals surface area contributed by atoms with Crippen LogP contribution in [0.5, 0.6) is 0 Å². The van der Waals surface area contributed by atoms with E-state index in [1.165, 1.54) is 18.7 Å². The Hall–Kier alpha value is -3.62. The zero-order chi connectivity index (χ0) is 27.4. The molecule has 4 rings (SSSR count). The molecule has 3 aromatic heterocycles. The number of aryl methyl sites for hydroxylation is 1. The summed E-state index contributed by atoms with van der Waals surface area (Å²) < 4.78 is 2.83. The number of carbonyl (C=O) groups excluding carboxylic acids is 1. The summed E-state index contributed by atoms with van der Waals surface area (Å²) in [7, 11) is 5.62. The zero-order valence-corrected chi connectivity index (χ0v) is 23.1. The Kier molecular flexibility index (Phi) is 8.23. The number of halogens is 2. The van der Waals surface area contributed by atoms with Gasteiger partial charge in [0.25, 0.3) is 0 Å². The topological polar surface area (TPSA) is 144 Å². The van der Waals surface area contributed by atoms with Crippen LogP contribution in [0.3, 0.4) is 0 Å². The van der Waals surface area contributed by atoms with Crippen LogP contribution in [-0.4, -0.2) is 60.7 Å². The van der Waals surface area contributed by atoms with Crippen LogP contribution in [0.2, 0.25) is 5.02 Å². The monoisotopic (exact) mass is 601 g/mol. The SMILES string of the molecule is Cn1cnc(N([O-])O)c1C[N+](C)(C)C/C=C/C(=O)Nc1cc2c(Nc3ccc(Cl)c(Br)c3)ncnc2cn1. The van der Waals surface area contributed by atoms with Crippen LogP contribution in [-0.2, 0) is 18.4 Å². The quantitative estimate of drug-likeness (QED) is 0.144. The third kappa shape index (κ3) is 6.62. The van der Waals surface area contributed by atoms with Crippen molar-refractivity contribution in [1.29, 1.82) is 0 Å². The van der Waals surface area contributed by atoms with Gasteiger partial charge in [-0.2, -0.15) is 0 Å². The molecule has 1 aromatic carbocycles. The summed E-state index contributed by atoms with van der Waals surface area (Å²) in [5, 5.41) is 27.7. The number of aromatic nitrogens is 5. The standard InChI is InChI=1S/C24H25BrClN9O3/c1-33-14-30-24(34(37)38)20(33)12-35(2,3)8-4-5-22(36)32-21-10-16-19(11-27-21)28-13-29-23(16)31-15-6-7-18(26)17(25)9-15/h4-7,9-11,13-14,37H,8,12H2,1-3H3,(H,27,32,36)(H,28,29,31)/b5-4+. The first-order valence-electron chi connectivity index (χ1n) is 11.3. The van der Waals surface area contributed by atoms with Crippen molar-refractivity contribution in [3.8, 4) is 0 Å². The van der Waals surface area contributed by atoms with Crippen molar-refractivity contribution in [1.82, 2.24) is 24.5 Å². The Labute approximate surface area is 231 Å². The van der Waals surface area contributed by atoms with E-state index >= 15 is 0 Å². The first-order chi connectivity index (χ1) is 18.0. The van der Waals surface area contributed by atoms with Gasteiger partial charge in [-0.1, -0.05) is 11.6 Å². The summed E-state index contributed by atoms with van der Waals surface area (Å²) in [5.74, 6) is 0.483. The molecular weight excluding hydrogens is 578 g/mol. The highest BCUT2D eigenvalue weighted by molar-refractivity contribution is 9.10. The van der Waals surface area contributed by atoms with Crippen molar-refractivity contribution in [2.24, 2.45) is 7.05 Å². The van der Waals surface area contributed by atoms with Gasteiger partial charge >= 0.3 is 0 Å². The third-order valence-corrected chi connectivity index (χ3v) is 6.83. The molecule has 0 aliphatic rings. The molecule has 0 saturated carbocycles. The summed E-state index contributed by atoms with van der Waals surface area (Å²) in [6, 6.07) is 7.12. The molecule has 0 aliphatic heterocycles. The lowest BCUT2D eigenvalue weighted by molar-refractivity contribution is -0.898. The first kappa shape index (κ1) is 27.4. The lowest BCUT2D eigenvalue weighted by atomic mass is 10.2. The molecule has 0 aliphatic carbocycles. The Morgan fingerprint density at radius 1 is 1.26 bits per heavy atom. The highest BCUT2D eigenvalue weighted by Crippen LogP contribution is 2.29. The molecule has 38 heavy (non-hydrogen) atoms. The van der Waals surface area contributed by atoms with Gasteiger partial charge < -0.3 is 30.1 Å². The van der Waals surface area contributed by atoms with Gasteiger partial charge in [-0.05, 0) is 46.3 Å². The minimum Gasteiger partial charge on any atom is -0.732 e. The van der Waals surface area contributed by atoms with Crippen LogP contribution in [0.1, 0.15) is 5.69 Å². The number of likely N-dealkylation sites (N-methyl/N-ethyl adjacent to an activating group) is 1. The lowest BCUT2D eigenvalue weighted by Crippen LogP contribution is -2.39. The molecule has 12 nitrogen and oxygen atoms in total. The van der Waals surface area contributed by atoms with Gasteiger partial charge in [0.05, 0.1) is 43.7 Å². The summed E-state index contributed by atoms with van der Waals surface area (Å²) >= 11 is 9.49. The van der Waals surface area contributed by atoms with E-state index in [1.54, 1.807) is 36.0 Å². The maximum atomic E-state index is 12.6. The van der Waals surface area contributed by atoms with Gasteiger partial charge in [-0.25, -0.2) is 19.9 Å². The van der Waals surface area contributed by atoms with E-state index in [-0.39, 0.29) is 17.0 Å². The van der Waals surface area contributed by atoms with E-state index in [1.807, 2.05) is 26.2 Å². The molecule has 0 radical (unpaired) electrons. The molecule has 14 heteroatoms. The maximum absolute atomic E-state index is 12.6. The van der Waals surface area contributed by atoms with E-state index < -0.39 is 0 Å². The zero-order valence-electron chi connectivity index (χ0n) is 20.8. The number of benzene rings is 1. The number of carbonyl (C=O) groups is 1. The first-order valence-corrected chi connectivity index (χ1v) is 12.5. The summed E-state index contributed by atoms with van der Waals surface area (Å²) in [5.41, 5.74) is 1.95. The fraction of sp³-hybridized carbons (Fsp3) is 0.208. The van der Waals surface area contributed by atoms with E-state index in [2.05, 4.69) is 46.5 Å². The number of rotatable bonds is 9. The van der Waals surface area contributed by atoms with Crippen LogP contribution in [0.25, 0.3) is 10.9 Å². The van der Waals surface area contributed by atoms with Crippen LogP contribution in [0.15, 0.2) is 59.7 Å². The number of hydrogen-bond acceptors (Lipinski definition) is 9. The van der Waals surface area contributed by atoms with Gasteiger partial charge in [0.1, 0.15) is 30.2 Å². The average molecular weight is 603 g/mol. The molecular formula is C24H25BrClN9O3. The Balaban J connectivity index is 1.43. The Morgan fingerprint density at radius 2 is 2.05 bits per heavy atom. The van der Waals surface area contributed by atoms with Crippen molar-refractivity contribution in [3.05, 3.63) is 75.7 Å². The highest BCUT2D eigenvalue weighted by Gasteiger charge is 2.21. The molecule has 1 amide bonds. The van der Waals surface area contributed by atoms with E-state index in [0.29, 0.717) is 50.8 Å². The van der Waals surface area contributed by atoms with Crippen molar-refractivity contribution in [2.75, 3.05) is 36.5 Å². The van der Waals surface area contributed by atoms with E-state index in [4.69, 9.17) is 11.6 Å². The maximum Gasteiger partial charge on any atom is 0.249 e. The number of quaternary nitrogens is 1. The molecule has 0 unspecified atom stereocenters. The van der Waals surface area contributed by atoms with Gasteiger partial charge in [-0.15, -0.1) is 0 Å². The molecule has 3 N–H and O–H groups in total. The fourth-order valence-corrected chi connectivity index (χ4v) is 4.20. The van der Waals surface area contributed by atoms with Crippen LogP contribution in [0.4, 0.5) is 23.1 Å². The molecule has 198 valence electrons. The van der Waals surface area contributed by atoms with E-state index in [0.717, 1.165) is 10.2 Å². The van der Waals surface area contributed by atoms with E-state index in [9.17, 15) is 15.2 Å². The number of anilines is 4. The van der Waals surface area contributed by atoms with Crippen molar-refractivity contribution in [2.45, 2.75) is 6.54 Å². The summed E-state index contributed by atoms with van der Waals surface area (Å²) in [4.78, 5) is 29.4. The minimum atomic E-state index is -0.354. The average Bonchev–Trinajstić information content (AvgIpc) is 3.21. The Morgan fingerprint density at radius 3 is 2.79 bits per heavy atom. The van der Waals surface area contributed by atoms with Crippen molar-refractivity contribution < 1.29 is 14.5 Å². The minimum absolute atomic E-state index is 0.0515. The van der Waals surface area contributed by atoms with Gasteiger partial charge in [0.15, 0.2) is 5.82 Å². The number of amides is 1. The summed E-state index contributed by atoms with van der Waals surface area (Å²) in [6.45, 7) is 0.884. The second-order valence-corrected chi connectivity index (χ2v) is 10.4. The predicted octanol–water partition coefficient (Wildman–Crippen LogP) is 4.38. The summed E-state index contributed by atoms with van der Waals surface area (Å²) in [6.07, 6.45) is 7.61. The van der Waals surface area contributed by atoms with Crippen LogP contribution < -0.4 is 15.9 Å². The third-order valence-electron chi connectivity index (χ3n) is 5.62. The molecule has 0 fully saturated rings. The smallest absolute Gasteiger partial charge is 0.249 e. The second kappa shape index (κ2) is 11.4. The van der Waals surface area contributed by atoms with Gasteiger partial charge in [0, 0.05) is 28.7 Å². The van der Waals surface area contributed by atoms with Crippen LogP contribution in [0, 0.1) is 5.21 Å². The number of pyridine rings is 1. The lowest BCUT2D eigenvalue weighted by Gasteiger charge is -2.30.